The van der Waals surface area contributed by atoms with Gasteiger partial charge in [-0.15, -0.1) is 0 Å². The van der Waals surface area contributed by atoms with Crippen molar-refractivity contribution in [2.75, 3.05) is 19.7 Å². The first-order chi connectivity index (χ1) is 11.2. The lowest BCUT2D eigenvalue weighted by atomic mass is 9.83. The summed E-state index contributed by atoms with van der Waals surface area (Å²) in [5.41, 5.74) is -1.55. The number of non-ortho nitro benzene ring substituents is 1. The standard InChI is InChI=1S/C16H22F2N2O4/c1-16(22,10-21)12-3-2-6-19(9-12)8-11-4-5-13(20(23)24)7-14(11)15(17)18/h4-5,7,12,15,21-22H,2-3,6,8-10H2,1H3/t12-,16+/m0/s1. The number of aliphatic hydroxyl groups excluding tert-OH is 1. The number of piperidine rings is 1. The van der Waals surface area contributed by atoms with Crippen molar-refractivity contribution in [3.8, 4) is 0 Å². The van der Waals surface area contributed by atoms with Crippen LogP contribution in [0.4, 0.5) is 14.5 Å². The zero-order chi connectivity index (χ0) is 17.9. The zero-order valence-electron chi connectivity index (χ0n) is 13.5. The fourth-order valence-electron chi connectivity index (χ4n) is 3.12. The van der Waals surface area contributed by atoms with Gasteiger partial charge in [-0.2, -0.15) is 0 Å². The highest BCUT2D eigenvalue weighted by Crippen LogP contribution is 2.31. The maximum absolute atomic E-state index is 13.2. The van der Waals surface area contributed by atoms with Gasteiger partial charge >= 0.3 is 0 Å². The lowest BCUT2D eigenvalue weighted by Crippen LogP contribution is -2.48. The fourth-order valence-corrected chi connectivity index (χ4v) is 3.12. The molecule has 2 rings (SSSR count). The molecule has 24 heavy (non-hydrogen) atoms. The molecule has 0 spiro atoms. The number of nitro groups is 1. The summed E-state index contributed by atoms with van der Waals surface area (Å²) in [4.78, 5) is 12.0. The highest BCUT2D eigenvalue weighted by Gasteiger charge is 2.35. The van der Waals surface area contributed by atoms with Crippen LogP contribution in [0.3, 0.4) is 0 Å². The van der Waals surface area contributed by atoms with Crippen LogP contribution in [-0.4, -0.2) is 45.3 Å². The Morgan fingerprint density at radius 1 is 1.50 bits per heavy atom. The maximum atomic E-state index is 13.2. The number of nitrogens with zero attached hydrogens (tertiary/aromatic N) is 2. The summed E-state index contributed by atoms with van der Waals surface area (Å²) in [6.45, 7) is 2.61. The van der Waals surface area contributed by atoms with E-state index in [2.05, 4.69) is 0 Å². The number of nitro benzene ring substituents is 1. The van der Waals surface area contributed by atoms with Gasteiger partial charge in [0.25, 0.3) is 12.1 Å². The minimum absolute atomic E-state index is 0.149. The molecule has 0 saturated carbocycles. The average Bonchev–Trinajstić information content (AvgIpc) is 2.55. The van der Waals surface area contributed by atoms with E-state index in [0.29, 0.717) is 18.7 Å². The van der Waals surface area contributed by atoms with Crippen LogP contribution in [0, 0.1) is 16.0 Å². The summed E-state index contributed by atoms with van der Waals surface area (Å²) in [6, 6.07) is 3.52. The molecule has 1 aliphatic rings. The molecule has 6 nitrogen and oxygen atoms in total. The first-order valence-corrected chi connectivity index (χ1v) is 7.85. The third-order valence-corrected chi connectivity index (χ3v) is 4.67. The van der Waals surface area contributed by atoms with Crippen LogP contribution < -0.4 is 0 Å². The molecule has 1 saturated heterocycles. The van der Waals surface area contributed by atoms with Crippen LogP contribution in [0.15, 0.2) is 18.2 Å². The fraction of sp³-hybridized carbons (Fsp3) is 0.625. The minimum atomic E-state index is -2.79. The number of rotatable bonds is 6. The lowest BCUT2D eigenvalue weighted by Gasteiger charge is -2.39. The van der Waals surface area contributed by atoms with Gasteiger partial charge in [-0.3, -0.25) is 15.0 Å². The van der Waals surface area contributed by atoms with Gasteiger partial charge in [-0.25, -0.2) is 8.78 Å². The number of alkyl halides is 2. The van der Waals surface area contributed by atoms with Gasteiger partial charge in [0.05, 0.1) is 17.1 Å². The number of hydrogen-bond donors (Lipinski definition) is 2. The van der Waals surface area contributed by atoms with Crippen LogP contribution in [0.25, 0.3) is 0 Å². The maximum Gasteiger partial charge on any atom is 0.269 e. The van der Waals surface area contributed by atoms with Crippen molar-refractivity contribution in [2.45, 2.75) is 38.3 Å². The molecule has 8 heteroatoms. The van der Waals surface area contributed by atoms with Gasteiger partial charge in [0.1, 0.15) is 0 Å². The van der Waals surface area contributed by atoms with E-state index in [0.717, 1.165) is 18.9 Å². The molecule has 0 amide bonds. The van der Waals surface area contributed by atoms with E-state index in [-0.39, 0.29) is 30.3 Å². The molecule has 1 aromatic rings. The van der Waals surface area contributed by atoms with E-state index in [1.165, 1.54) is 12.1 Å². The Bertz CT molecular complexity index is 595. The highest BCUT2D eigenvalue weighted by atomic mass is 19.3. The number of aliphatic hydroxyl groups is 2. The Morgan fingerprint density at radius 3 is 2.79 bits per heavy atom. The predicted octanol–water partition coefficient (Wildman–Crippen LogP) is 2.49. The molecule has 2 N–H and O–H groups in total. The van der Waals surface area contributed by atoms with Crippen LogP contribution >= 0.6 is 0 Å². The molecule has 1 fully saturated rings. The Balaban J connectivity index is 2.17. The minimum Gasteiger partial charge on any atom is -0.393 e. The molecule has 0 radical (unpaired) electrons. The Hall–Kier alpha value is -1.64. The zero-order valence-corrected chi connectivity index (χ0v) is 13.5. The summed E-state index contributed by atoms with van der Waals surface area (Å²) in [5, 5.41) is 30.3. The second kappa shape index (κ2) is 7.50. The molecule has 1 aliphatic heterocycles. The van der Waals surface area contributed by atoms with Gasteiger partial charge in [-0.05, 0) is 31.9 Å². The predicted molar refractivity (Wildman–Crippen MR) is 83.8 cm³/mol. The van der Waals surface area contributed by atoms with Gasteiger partial charge < -0.3 is 10.2 Å². The molecule has 1 heterocycles. The quantitative estimate of drug-likeness (QED) is 0.612. The molecule has 0 bridgehead atoms. The Labute approximate surface area is 138 Å². The van der Waals surface area contributed by atoms with E-state index in [1.807, 2.05) is 4.90 Å². The van der Waals surface area contributed by atoms with Crippen molar-refractivity contribution < 1.29 is 23.9 Å². The normalized spacial score (nSPS) is 21.7. The summed E-state index contributed by atoms with van der Waals surface area (Å²) in [6.07, 6.45) is -1.25. The van der Waals surface area contributed by atoms with Gasteiger partial charge in [0, 0.05) is 36.7 Å². The van der Waals surface area contributed by atoms with Crippen molar-refractivity contribution in [1.29, 1.82) is 0 Å². The summed E-state index contributed by atoms with van der Waals surface area (Å²) >= 11 is 0. The van der Waals surface area contributed by atoms with Gasteiger partial charge in [0.2, 0.25) is 0 Å². The third-order valence-electron chi connectivity index (χ3n) is 4.67. The van der Waals surface area contributed by atoms with Gasteiger partial charge in [-0.1, -0.05) is 6.07 Å². The first kappa shape index (κ1) is 18.7. The van der Waals surface area contributed by atoms with Crippen LogP contribution in [0.1, 0.15) is 37.3 Å². The molecule has 2 atom stereocenters. The van der Waals surface area contributed by atoms with E-state index in [4.69, 9.17) is 0 Å². The topological polar surface area (TPSA) is 86.8 Å². The summed E-state index contributed by atoms with van der Waals surface area (Å²) in [7, 11) is 0. The van der Waals surface area contributed by atoms with Gasteiger partial charge in [0.15, 0.2) is 0 Å². The van der Waals surface area contributed by atoms with Crippen LogP contribution in [0.5, 0.6) is 0 Å². The average molecular weight is 344 g/mol. The van der Waals surface area contributed by atoms with Crippen molar-refractivity contribution in [2.24, 2.45) is 5.92 Å². The van der Waals surface area contributed by atoms with Crippen LogP contribution in [-0.2, 0) is 6.54 Å². The number of hydrogen-bond acceptors (Lipinski definition) is 5. The van der Waals surface area contributed by atoms with E-state index in [9.17, 15) is 29.1 Å². The second-order valence-electron chi connectivity index (χ2n) is 6.53. The molecule has 0 aromatic heterocycles. The smallest absolute Gasteiger partial charge is 0.269 e. The highest BCUT2D eigenvalue weighted by molar-refractivity contribution is 5.40. The molecule has 0 unspecified atom stereocenters. The SMILES string of the molecule is C[C@@](O)(CO)[C@H]1CCCN(Cc2ccc([N+](=O)[O-])cc2C(F)F)C1. The molecule has 134 valence electrons. The van der Waals surface area contributed by atoms with Crippen molar-refractivity contribution in [1.82, 2.24) is 4.90 Å². The molecular weight excluding hydrogens is 322 g/mol. The van der Waals surface area contributed by atoms with E-state index < -0.39 is 16.9 Å². The number of benzene rings is 1. The van der Waals surface area contributed by atoms with Crippen molar-refractivity contribution in [3.63, 3.8) is 0 Å². The first-order valence-electron chi connectivity index (χ1n) is 7.85. The number of likely N-dealkylation sites (tertiary alicyclic amines) is 1. The van der Waals surface area contributed by atoms with E-state index in [1.54, 1.807) is 6.92 Å². The largest absolute Gasteiger partial charge is 0.393 e. The monoisotopic (exact) mass is 344 g/mol. The molecule has 1 aromatic carbocycles. The second-order valence-corrected chi connectivity index (χ2v) is 6.53. The number of halogens is 2. The van der Waals surface area contributed by atoms with Crippen LogP contribution in [0.2, 0.25) is 0 Å². The van der Waals surface area contributed by atoms with Crippen molar-refractivity contribution >= 4 is 5.69 Å². The Kier molecular flexibility index (Phi) is 5.84. The lowest BCUT2D eigenvalue weighted by molar-refractivity contribution is -0.385. The molecule has 0 aliphatic carbocycles. The third kappa shape index (κ3) is 4.25. The molecular formula is C16H22F2N2O4. The summed E-state index contributed by atoms with van der Waals surface area (Å²) < 4.78 is 26.5. The Morgan fingerprint density at radius 2 is 2.21 bits per heavy atom. The van der Waals surface area contributed by atoms with Crippen molar-refractivity contribution in [3.05, 3.63) is 39.4 Å². The summed E-state index contributed by atoms with van der Waals surface area (Å²) in [5.74, 6) is -0.149. The van der Waals surface area contributed by atoms with E-state index >= 15 is 0 Å².